The number of hydrogen-bond acceptors (Lipinski definition) is 6. The summed E-state index contributed by atoms with van der Waals surface area (Å²) in [6, 6.07) is -0.773. The Labute approximate surface area is 303 Å². The van der Waals surface area contributed by atoms with Gasteiger partial charge in [0.05, 0.1) is 25.4 Å². The average molecular weight is 717 g/mol. The standard InChI is InChI=1S/C40H81N2O6P/c1-3-5-7-9-11-13-15-16-17-18-19-20-21-22-23-24-25-27-29-31-33-39(43)38(37-48-49(45,46)47-36-35-41)42-40(44)34-32-30-28-26-14-12-10-8-6-4-2/h8,10,38-39,43H,3-7,9,11-37,41H2,1-2H3,(H,42,44)(H,45,46)/b10-8-. The molecule has 0 rings (SSSR count). The van der Waals surface area contributed by atoms with E-state index in [-0.39, 0.29) is 25.7 Å². The Morgan fingerprint density at radius 3 is 1.59 bits per heavy atom. The summed E-state index contributed by atoms with van der Waals surface area (Å²) in [5.41, 5.74) is 5.37. The number of hydrogen-bond donors (Lipinski definition) is 4. The first-order valence-corrected chi connectivity index (χ1v) is 22.3. The number of unbranched alkanes of at least 4 members (excludes halogenated alkanes) is 25. The molecule has 49 heavy (non-hydrogen) atoms. The number of carbonyl (C=O) groups excluding carboxylic acids is 1. The SMILES string of the molecule is CCC/C=C\CCCCCCCC(=O)NC(COP(=O)(O)OCCN)C(O)CCCCCCCCCCCCCCCCCCCCCC. The smallest absolute Gasteiger partial charge is 0.391 e. The number of rotatable bonds is 39. The number of nitrogens with one attached hydrogen (secondary N) is 1. The van der Waals surface area contributed by atoms with Crippen molar-refractivity contribution in [3.05, 3.63) is 12.2 Å². The van der Waals surface area contributed by atoms with Crippen molar-refractivity contribution in [2.45, 2.75) is 219 Å². The Hall–Kier alpha value is -0.760. The van der Waals surface area contributed by atoms with Gasteiger partial charge in [-0.1, -0.05) is 180 Å². The molecule has 9 heteroatoms. The van der Waals surface area contributed by atoms with Gasteiger partial charge in [-0.05, 0) is 32.1 Å². The van der Waals surface area contributed by atoms with Gasteiger partial charge in [0, 0.05) is 13.0 Å². The van der Waals surface area contributed by atoms with Gasteiger partial charge in [-0.15, -0.1) is 0 Å². The van der Waals surface area contributed by atoms with E-state index in [9.17, 15) is 19.4 Å². The summed E-state index contributed by atoms with van der Waals surface area (Å²) < 4.78 is 22.1. The van der Waals surface area contributed by atoms with Crippen LogP contribution < -0.4 is 11.1 Å². The van der Waals surface area contributed by atoms with Crippen LogP contribution >= 0.6 is 7.82 Å². The van der Waals surface area contributed by atoms with Crippen LogP contribution in [0.3, 0.4) is 0 Å². The van der Waals surface area contributed by atoms with Gasteiger partial charge in [-0.25, -0.2) is 4.57 Å². The van der Waals surface area contributed by atoms with Crippen molar-refractivity contribution in [3.63, 3.8) is 0 Å². The monoisotopic (exact) mass is 717 g/mol. The largest absolute Gasteiger partial charge is 0.472 e. The first-order chi connectivity index (χ1) is 23.9. The Morgan fingerprint density at radius 2 is 1.10 bits per heavy atom. The van der Waals surface area contributed by atoms with Crippen LogP contribution in [0.25, 0.3) is 0 Å². The summed E-state index contributed by atoms with van der Waals surface area (Å²) in [6.45, 7) is 4.15. The molecule has 8 nitrogen and oxygen atoms in total. The number of allylic oxidation sites excluding steroid dienone is 2. The van der Waals surface area contributed by atoms with E-state index in [0.717, 1.165) is 57.8 Å². The molecule has 3 atom stereocenters. The average Bonchev–Trinajstić information content (AvgIpc) is 3.09. The van der Waals surface area contributed by atoms with Crippen LogP contribution in [0.2, 0.25) is 0 Å². The van der Waals surface area contributed by atoms with Gasteiger partial charge in [0.25, 0.3) is 0 Å². The minimum atomic E-state index is -4.31. The van der Waals surface area contributed by atoms with Gasteiger partial charge >= 0.3 is 7.82 Å². The summed E-state index contributed by atoms with van der Waals surface area (Å²) in [7, 11) is -4.31. The summed E-state index contributed by atoms with van der Waals surface area (Å²) in [6.07, 6.45) is 39.4. The lowest BCUT2D eigenvalue weighted by molar-refractivity contribution is -0.123. The summed E-state index contributed by atoms with van der Waals surface area (Å²) in [4.78, 5) is 22.6. The summed E-state index contributed by atoms with van der Waals surface area (Å²) in [5.74, 6) is -0.172. The van der Waals surface area contributed by atoms with Gasteiger partial charge in [0.2, 0.25) is 5.91 Å². The maximum absolute atomic E-state index is 12.7. The molecule has 0 aromatic rings. The normalized spacial score (nSPS) is 14.3. The van der Waals surface area contributed by atoms with Crippen LogP contribution in [0.15, 0.2) is 12.2 Å². The Bertz CT molecular complexity index is 784. The second kappa shape index (κ2) is 37.0. The molecule has 0 aliphatic heterocycles. The highest BCUT2D eigenvalue weighted by Gasteiger charge is 2.27. The molecule has 1 amide bonds. The molecular formula is C40H81N2O6P. The molecule has 0 spiro atoms. The van der Waals surface area contributed by atoms with Gasteiger partial charge < -0.3 is 21.1 Å². The van der Waals surface area contributed by atoms with E-state index in [1.54, 1.807) is 0 Å². The number of carbonyl (C=O) groups is 1. The highest BCUT2D eigenvalue weighted by atomic mass is 31.2. The second-order valence-corrected chi connectivity index (χ2v) is 15.7. The molecule has 0 aliphatic rings. The first-order valence-electron chi connectivity index (χ1n) is 20.8. The van der Waals surface area contributed by atoms with E-state index in [1.165, 1.54) is 122 Å². The van der Waals surface area contributed by atoms with Crippen LogP contribution in [-0.4, -0.2) is 47.8 Å². The van der Waals surface area contributed by atoms with Gasteiger partial charge in [-0.2, -0.15) is 0 Å². The molecule has 3 unspecified atom stereocenters. The molecule has 0 bridgehead atoms. The molecule has 0 saturated carbocycles. The fraction of sp³-hybridized carbons (Fsp3) is 0.925. The molecule has 0 saturated heterocycles. The number of aliphatic hydroxyl groups is 1. The Kier molecular flexibility index (Phi) is 36.4. The van der Waals surface area contributed by atoms with E-state index in [4.69, 9.17) is 14.8 Å². The summed E-state index contributed by atoms with van der Waals surface area (Å²) in [5, 5.41) is 13.7. The maximum Gasteiger partial charge on any atom is 0.472 e. The molecule has 0 fully saturated rings. The van der Waals surface area contributed by atoms with Crippen LogP contribution in [0, 0.1) is 0 Å². The van der Waals surface area contributed by atoms with Crippen LogP contribution in [0.1, 0.15) is 206 Å². The zero-order valence-electron chi connectivity index (χ0n) is 32.2. The van der Waals surface area contributed by atoms with E-state index in [2.05, 4.69) is 31.3 Å². The number of phosphoric ester groups is 1. The third-order valence-corrected chi connectivity index (χ3v) is 10.3. The predicted octanol–water partition coefficient (Wildman–Crippen LogP) is 11.2. The molecule has 0 radical (unpaired) electrons. The lowest BCUT2D eigenvalue weighted by atomic mass is 10.0. The highest BCUT2D eigenvalue weighted by molar-refractivity contribution is 7.47. The van der Waals surface area contributed by atoms with Crippen LogP contribution in [-0.2, 0) is 18.4 Å². The predicted molar refractivity (Wildman–Crippen MR) is 208 cm³/mol. The minimum Gasteiger partial charge on any atom is -0.391 e. The van der Waals surface area contributed by atoms with Gasteiger partial charge in [-0.3, -0.25) is 13.8 Å². The van der Waals surface area contributed by atoms with Crippen molar-refractivity contribution in [3.8, 4) is 0 Å². The quantitative estimate of drug-likeness (QED) is 0.0283. The lowest BCUT2D eigenvalue weighted by Crippen LogP contribution is -2.46. The zero-order valence-corrected chi connectivity index (χ0v) is 33.1. The second-order valence-electron chi connectivity index (χ2n) is 14.2. The van der Waals surface area contributed by atoms with Crippen LogP contribution in [0.5, 0.6) is 0 Å². The van der Waals surface area contributed by atoms with E-state index >= 15 is 0 Å². The topological polar surface area (TPSA) is 131 Å². The van der Waals surface area contributed by atoms with Crippen molar-refractivity contribution in [1.82, 2.24) is 5.32 Å². The molecule has 5 N–H and O–H groups in total. The first kappa shape index (κ1) is 48.2. The molecule has 0 aromatic carbocycles. The number of nitrogens with two attached hydrogens (primary N) is 1. The maximum atomic E-state index is 12.7. The van der Waals surface area contributed by atoms with Crippen molar-refractivity contribution < 1.29 is 28.4 Å². The molecule has 0 aliphatic carbocycles. The number of aliphatic hydroxyl groups excluding tert-OH is 1. The third-order valence-electron chi connectivity index (χ3n) is 9.35. The number of amides is 1. The van der Waals surface area contributed by atoms with Crippen molar-refractivity contribution in [2.75, 3.05) is 19.8 Å². The van der Waals surface area contributed by atoms with Gasteiger partial charge in [0.1, 0.15) is 0 Å². The Balaban J connectivity index is 4.09. The van der Waals surface area contributed by atoms with E-state index < -0.39 is 20.0 Å². The third kappa shape index (κ3) is 35.4. The van der Waals surface area contributed by atoms with E-state index in [0.29, 0.717) is 12.8 Å². The zero-order chi connectivity index (χ0) is 36.1. The fourth-order valence-electron chi connectivity index (χ4n) is 6.20. The summed E-state index contributed by atoms with van der Waals surface area (Å²) >= 11 is 0. The molecular weight excluding hydrogens is 635 g/mol. The molecule has 0 aromatic heterocycles. The van der Waals surface area contributed by atoms with Gasteiger partial charge in [0.15, 0.2) is 0 Å². The minimum absolute atomic E-state index is 0.0890. The molecule has 292 valence electrons. The lowest BCUT2D eigenvalue weighted by Gasteiger charge is -2.25. The van der Waals surface area contributed by atoms with E-state index in [1.807, 2.05) is 0 Å². The fourth-order valence-corrected chi connectivity index (χ4v) is 6.96. The molecule has 0 heterocycles. The van der Waals surface area contributed by atoms with Crippen molar-refractivity contribution in [1.29, 1.82) is 0 Å². The van der Waals surface area contributed by atoms with Crippen molar-refractivity contribution >= 4 is 13.7 Å². The van der Waals surface area contributed by atoms with Crippen molar-refractivity contribution in [2.24, 2.45) is 5.73 Å². The Morgan fingerprint density at radius 1 is 0.653 bits per heavy atom. The van der Waals surface area contributed by atoms with Crippen LogP contribution in [0.4, 0.5) is 0 Å². The highest BCUT2D eigenvalue weighted by Crippen LogP contribution is 2.43. The number of phosphoric acid groups is 1.